The highest BCUT2D eigenvalue weighted by atomic mass is 35.5. The van der Waals surface area contributed by atoms with Crippen molar-refractivity contribution in [1.29, 1.82) is 0 Å². The molecule has 0 saturated carbocycles. The number of carbonyl (C=O) groups excluding carboxylic acids is 3. The summed E-state index contributed by atoms with van der Waals surface area (Å²) in [7, 11) is 1.29. The second-order valence-corrected chi connectivity index (χ2v) is 8.67. The van der Waals surface area contributed by atoms with Crippen LogP contribution in [0, 0.1) is 0 Å². The molecule has 1 atom stereocenters. The van der Waals surface area contributed by atoms with E-state index in [2.05, 4.69) is 27.4 Å². The summed E-state index contributed by atoms with van der Waals surface area (Å²) in [5.41, 5.74) is 1.17. The first-order valence-corrected chi connectivity index (χ1v) is 11.9. The molecule has 0 aliphatic carbocycles. The van der Waals surface area contributed by atoms with Crippen molar-refractivity contribution in [2.75, 3.05) is 18.2 Å². The van der Waals surface area contributed by atoms with Gasteiger partial charge in [0.25, 0.3) is 5.91 Å². The fraction of sp³-hybridized carbons (Fsp3) is 0.208. The molecule has 0 radical (unpaired) electrons. The van der Waals surface area contributed by atoms with Crippen LogP contribution in [0.25, 0.3) is 0 Å². The van der Waals surface area contributed by atoms with Crippen molar-refractivity contribution in [3.63, 3.8) is 0 Å². The van der Waals surface area contributed by atoms with Gasteiger partial charge in [-0.15, -0.1) is 16.8 Å². The van der Waals surface area contributed by atoms with Gasteiger partial charge in [0.15, 0.2) is 11.0 Å². The number of rotatable bonds is 10. The highest BCUT2D eigenvalue weighted by Crippen LogP contribution is 2.22. The standard InChI is InChI=1S/C24H24ClN5O4S/c1-4-12-30-21(15(2)26-22(32)18-10-5-6-11-19(18)25)28-29-24(30)35-14-20(31)27-17-9-7-8-16(13-17)23(33)34-3/h4-11,13,15H,1,12,14H2,2-3H3,(H,26,32)(H,27,31)/t15-/m1/s1. The molecule has 0 saturated heterocycles. The van der Waals surface area contributed by atoms with Gasteiger partial charge in [-0.2, -0.15) is 0 Å². The summed E-state index contributed by atoms with van der Waals surface area (Å²) in [6, 6.07) is 12.8. The highest BCUT2D eigenvalue weighted by Gasteiger charge is 2.21. The lowest BCUT2D eigenvalue weighted by Gasteiger charge is -2.15. The van der Waals surface area contributed by atoms with E-state index in [9.17, 15) is 14.4 Å². The van der Waals surface area contributed by atoms with Crippen LogP contribution in [0.2, 0.25) is 5.02 Å². The number of benzene rings is 2. The Balaban J connectivity index is 1.66. The number of esters is 1. The van der Waals surface area contributed by atoms with Crippen LogP contribution in [0.1, 0.15) is 39.5 Å². The fourth-order valence-electron chi connectivity index (χ4n) is 3.18. The van der Waals surface area contributed by atoms with Crippen LogP contribution in [0.15, 0.2) is 66.3 Å². The van der Waals surface area contributed by atoms with E-state index in [0.29, 0.717) is 39.4 Å². The lowest BCUT2D eigenvalue weighted by Crippen LogP contribution is -2.29. The number of anilines is 1. The topological polar surface area (TPSA) is 115 Å². The molecule has 0 unspecified atom stereocenters. The van der Waals surface area contributed by atoms with Crippen molar-refractivity contribution in [2.24, 2.45) is 0 Å². The molecular formula is C24H24ClN5O4S. The summed E-state index contributed by atoms with van der Waals surface area (Å²) >= 11 is 7.31. The summed E-state index contributed by atoms with van der Waals surface area (Å²) < 4.78 is 6.48. The molecule has 2 aromatic carbocycles. The zero-order chi connectivity index (χ0) is 25.4. The normalized spacial score (nSPS) is 11.4. The number of ether oxygens (including phenoxy) is 1. The highest BCUT2D eigenvalue weighted by molar-refractivity contribution is 7.99. The SMILES string of the molecule is C=CCn1c(SCC(=O)Nc2cccc(C(=O)OC)c2)nnc1[C@@H](C)NC(=O)c1ccccc1Cl. The third-order valence-electron chi connectivity index (χ3n) is 4.81. The first-order chi connectivity index (χ1) is 16.8. The van der Waals surface area contributed by atoms with Gasteiger partial charge in [0.2, 0.25) is 5.91 Å². The Labute approximate surface area is 211 Å². The van der Waals surface area contributed by atoms with Gasteiger partial charge in [0.05, 0.1) is 35.1 Å². The minimum atomic E-state index is -0.490. The second kappa shape index (κ2) is 12.2. The van der Waals surface area contributed by atoms with Crippen LogP contribution in [0.4, 0.5) is 5.69 Å². The Morgan fingerprint density at radius 2 is 1.97 bits per heavy atom. The Hall–Kier alpha value is -3.63. The van der Waals surface area contributed by atoms with Gasteiger partial charge in [-0.1, -0.05) is 47.6 Å². The largest absolute Gasteiger partial charge is 0.465 e. The van der Waals surface area contributed by atoms with Crippen LogP contribution in [-0.2, 0) is 16.1 Å². The first kappa shape index (κ1) is 26.0. The van der Waals surface area contributed by atoms with E-state index in [0.717, 1.165) is 0 Å². The molecular weight excluding hydrogens is 490 g/mol. The summed E-state index contributed by atoms with van der Waals surface area (Å²) in [6.45, 7) is 5.94. The number of carbonyl (C=O) groups is 3. The third-order valence-corrected chi connectivity index (χ3v) is 6.11. The number of amides is 2. The molecule has 3 aromatic rings. The van der Waals surface area contributed by atoms with Crippen LogP contribution in [0.3, 0.4) is 0 Å². The van der Waals surface area contributed by atoms with Gasteiger partial charge in [0.1, 0.15) is 0 Å². The van der Waals surface area contributed by atoms with Crippen molar-refractivity contribution >= 4 is 46.8 Å². The van der Waals surface area contributed by atoms with Crippen LogP contribution >= 0.6 is 23.4 Å². The number of aromatic nitrogens is 3. The van der Waals surface area contributed by atoms with Gasteiger partial charge in [-0.3, -0.25) is 9.59 Å². The van der Waals surface area contributed by atoms with Crippen LogP contribution in [0.5, 0.6) is 0 Å². The summed E-state index contributed by atoms with van der Waals surface area (Å²) in [4.78, 5) is 36.8. The van der Waals surface area contributed by atoms with Crippen LogP contribution in [-0.4, -0.2) is 45.4 Å². The molecule has 2 amide bonds. The Morgan fingerprint density at radius 1 is 1.20 bits per heavy atom. The number of hydrogen-bond acceptors (Lipinski definition) is 7. The molecule has 2 N–H and O–H groups in total. The maximum absolute atomic E-state index is 12.6. The predicted molar refractivity (Wildman–Crippen MR) is 135 cm³/mol. The number of thioether (sulfide) groups is 1. The van der Waals surface area contributed by atoms with Crippen molar-refractivity contribution in [3.05, 3.63) is 83.2 Å². The van der Waals surface area contributed by atoms with Gasteiger partial charge in [-0.25, -0.2) is 4.79 Å². The molecule has 1 heterocycles. The molecule has 3 rings (SSSR count). The minimum Gasteiger partial charge on any atom is -0.465 e. The van der Waals surface area contributed by atoms with E-state index in [1.807, 2.05) is 0 Å². The van der Waals surface area contributed by atoms with E-state index >= 15 is 0 Å². The second-order valence-electron chi connectivity index (χ2n) is 7.32. The molecule has 0 bridgehead atoms. The average Bonchev–Trinajstić information content (AvgIpc) is 3.25. The lowest BCUT2D eigenvalue weighted by molar-refractivity contribution is -0.113. The lowest BCUT2D eigenvalue weighted by atomic mass is 10.2. The van der Waals surface area contributed by atoms with Crippen LogP contribution < -0.4 is 10.6 Å². The molecule has 0 fully saturated rings. The van der Waals surface area contributed by atoms with E-state index < -0.39 is 12.0 Å². The third kappa shape index (κ3) is 6.71. The zero-order valence-electron chi connectivity index (χ0n) is 19.2. The monoisotopic (exact) mass is 513 g/mol. The maximum atomic E-state index is 12.6. The van der Waals surface area contributed by atoms with Crippen molar-refractivity contribution in [3.8, 4) is 0 Å². The molecule has 1 aromatic heterocycles. The van der Waals surface area contributed by atoms with E-state index in [4.69, 9.17) is 16.3 Å². The molecule has 0 spiro atoms. The number of nitrogens with zero attached hydrogens (tertiary/aromatic N) is 3. The van der Waals surface area contributed by atoms with Crippen molar-refractivity contribution in [1.82, 2.24) is 20.1 Å². The van der Waals surface area contributed by atoms with Gasteiger partial charge in [-0.05, 0) is 37.3 Å². The molecule has 9 nitrogen and oxygen atoms in total. The van der Waals surface area contributed by atoms with Crippen molar-refractivity contribution in [2.45, 2.75) is 24.7 Å². The predicted octanol–water partition coefficient (Wildman–Crippen LogP) is 4.13. The molecule has 0 aliphatic heterocycles. The molecule has 11 heteroatoms. The minimum absolute atomic E-state index is 0.0537. The molecule has 35 heavy (non-hydrogen) atoms. The zero-order valence-corrected chi connectivity index (χ0v) is 20.7. The Kier molecular flexibility index (Phi) is 9.04. The summed E-state index contributed by atoms with van der Waals surface area (Å²) in [5, 5.41) is 14.9. The summed E-state index contributed by atoms with van der Waals surface area (Å²) in [5.74, 6) is -0.543. The summed E-state index contributed by atoms with van der Waals surface area (Å²) in [6.07, 6.45) is 1.68. The first-order valence-electron chi connectivity index (χ1n) is 10.5. The van der Waals surface area contributed by atoms with E-state index in [-0.39, 0.29) is 17.6 Å². The average molecular weight is 514 g/mol. The number of hydrogen-bond donors (Lipinski definition) is 2. The number of methoxy groups -OCH3 is 1. The van der Waals surface area contributed by atoms with Crippen molar-refractivity contribution < 1.29 is 19.1 Å². The fourth-order valence-corrected chi connectivity index (χ4v) is 4.16. The molecule has 0 aliphatic rings. The quantitative estimate of drug-likeness (QED) is 0.238. The van der Waals surface area contributed by atoms with Gasteiger partial charge < -0.3 is 19.9 Å². The number of allylic oxidation sites excluding steroid dienone is 1. The van der Waals surface area contributed by atoms with E-state index in [1.54, 1.807) is 60.0 Å². The number of halogens is 1. The van der Waals surface area contributed by atoms with Gasteiger partial charge in [0, 0.05) is 12.2 Å². The van der Waals surface area contributed by atoms with E-state index in [1.165, 1.54) is 24.9 Å². The smallest absolute Gasteiger partial charge is 0.337 e. The number of nitrogens with one attached hydrogen (secondary N) is 2. The Morgan fingerprint density at radius 3 is 2.69 bits per heavy atom. The van der Waals surface area contributed by atoms with Gasteiger partial charge >= 0.3 is 5.97 Å². The Bertz CT molecular complexity index is 1250. The maximum Gasteiger partial charge on any atom is 0.337 e. The molecule has 182 valence electrons.